The third-order valence-electron chi connectivity index (χ3n) is 3.69. The number of benzene rings is 1. The zero-order chi connectivity index (χ0) is 15.5. The van der Waals surface area contributed by atoms with E-state index in [1.54, 1.807) is 16.3 Å². The first-order valence-corrected chi connectivity index (χ1v) is 8.63. The number of rotatable bonds is 4. The second kappa shape index (κ2) is 6.63. The summed E-state index contributed by atoms with van der Waals surface area (Å²) >= 11 is 7.63. The molecule has 0 radical (unpaired) electrons. The maximum Gasteiger partial charge on any atom is 0.243 e. The Morgan fingerprint density at radius 3 is 2.77 bits per heavy atom. The van der Waals surface area contributed by atoms with Gasteiger partial charge in [0.1, 0.15) is 0 Å². The molecule has 5 heteroatoms. The van der Waals surface area contributed by atoms with Crippen molar-refractivity contribution in [2.24, 2.45) is 5.10 Å². The van der Waals surface area contributed by atoms with Crippen LogP contribution in [-0.4, -0.2) is 16.6 Å². The monoisotopic (exact) mass is 332 g/mol. The standard InChI is InChI=1S/C17H17ClN2OS/c1-2-4-17(21)20-15(12-6-8-13(18)9-7-12)11-14(19-20)16-5-3-10-22-16/h3,5-10,15H,2,4,11H2,1H3. The molecule has 1 aliphatic heterocycles. The smallest absolute Gasteiger partial charge is 0.243 e. The predicted molar refractivity (Wildman–Crippen MR) is 91.4 cm³/mol. The Labute approximate surface area is 139 Å². The van der Waals surface area contributed by atoms with Gasteiger partial charge < -0.3 is 0 Å². The van der Waals surface area contributed by atoms with Gasteiger partial charge in [-0.1, -0.05) is 36.7 Å². The Morgan fingerprint density at radius 2 is 2.14 bits per heavy atom. The molecule has 22 heavy (non-hydrogen) atoms. The van der Waals surface area contributed by atoms with E-state index in [9.17, 15) is 4.79 Å². The number of hydrogen-bond acceptors (Lipinski definition) is 3. The molecule has 1 aromatic heterocycles. The number of nitrogens with zero attached hydrogens (tertiary/aromatic N) is 2. The van der Waals surface area contributed by atoms with Crippen molar-refractivity contribution in [1.29, 1.82) is 0 Å². The molecule has 0 spiro atoms. The first kappa shape index (κ1) is 15.3. The highest BCUT2D eigenvalue weighted by atomic mass is 35.5. The molecule has 0 N–H and O–H groups in total. The fourth-order valence-corrected chi connectivity index (χ4v) is 3.45. The summed E-state index contributed by atoms with van der Waals surface area (Å²) in [6.45, 7) is 2.01. The average molecular weight is 333 g/mol. The first-order valence-electron chi connectivity index (χ1n) is 7.38. The Balaban J connectivity index is 1.91. The van der Waals surface area contributed by atoms with E-state index in [1.165, 1.54) is 0 Å². The molecule has 1 amide bonds. The Hall–Kier alpha value is -1.65. The lowest BCUT2D eigenvalue weighted by atomic mass is 10.0. The SMILES string of the molecule is CCCC(=O)N1N=C(c2cccs2)CC1c1ccc(Cl)cc1. The van der Waals surface area contributed by atoms with Gasteiger partial charge in [-0.25, -0.2) is 5.01 Å². The minimum Gasteiger partial charge on any atom is -0.273 e. The second-order valence-corrected chi connectivity index (χ2v) is 6.67. The molecular weight excluding hydrogens is 316 g/mol. The fraction of sp³-hybridized carbons (Fsp3) is 0.294. The number of hydrazone groups is 1. The number of carbonyl (C=O) groups excluding carboxylic acids is 1. The highest BCUT2D eigenvalue weighted by molar-refractivity contribution is 7.12. The van der Waals surface area contributed by atoms with Gasteiger partial charge in [0.25, 0.3) is 0 Å². The van der Waals surface area contributed by atoms with Crippen LogP contribution in [0.1, 0.15) is 42.7 Å². The van der Waals surface area contributed by atoms with Crippen molar-refractivity contribution in [2.45, 2.75) is 32.2 Å². The summed E-state index contributed by atoms with van der Waals surface area (Å²) in [6, 6.07) is 11.7. The minimum absolute atomic E-state index is 0.0339. The maximum atomic E-state index is 12.4. The number of carbonyl (C=O) groups is 1. The largest absolute Gasteiger partial charge is 0.273 e. The summed E-state index contributed by atoms with van der Waals surface area (Å²) in [5.74, 6) is 0.0778. The van der Waals surface area contributed by atoms with Gasteiger partial charge in [-0.15, -0.1) is 11.3 Å². The summed E-state index contributed by atoms with van der Waals surface area (Å²) in [7, 11) is 0. The van der Waals surface area contributed by atoms with Crippen LogP contribution in [0.2, 0.25) is 5.02 Å². The van der Waals surface area contributed by atoms with Crippen molar-refractivity contribution < 1.29 is 4.79 Å². The van der Waals surface area contributed by atoms with Crippen LogP contribution >= 0.6 is 22.9 Å². The van der Waals surface area contributed by atoms with Crippen LogP contribution in [-0.2, 0) is 4.79 Å². The van der Waals surface area contributed by atoms with Crippen LogP contribution in [0.15, 0.2) is 46.9 Å². The Morgan fingerprint density at radius 1 is 1.36 bits per heavy atom. The van der Waals surface area contributed by atoms with E-state index in [-0.39, 0.29) is 11.9 Å². The van der Waals surface area contributed by atoms with Crippen LogP contribution in [0.5, 0.6) is 0 Å². The highest BCUT2D eigenvalue weighted by Gasteiger charge is 2.32. The lowest BCUT2D eigenvalue weighted by Gasteiger charge is -2.22. The van der Waals surface area contributed by atoms with Gasteiger partial charge in [0, 0.05) is 17.9 Å². The van der Waals surface area contributed by atoms with Crippen LogP contribution in [0.3, 0.4) is 0 Å². The number of thiophene rings is 1. The van der Waals surface area contributed by atoms with Gasteiger partial charge in [-0.3, -0.25) is 4.79 Å². The topological polar surface area (TPSA) is 32.7 Å². The van der Waals surface area contributed by atoms with Crippen molar-refractivity contribution in [1.82, 2.24) is 5.01 Å². The fourth-order valence-electron chi connectivity index (χ4n) is 2.60. The molecule has 0 aliphatic carbocycles. The van der Waals surface area contributed by atoms with Crippen LogP contribution in [0.25, 0.3) is 0 Å². The molecule has 1 atom stereocenters. The summed E-state index contributed by atoms with van der Waals surface area (Å²) < 4.78 is 0. The van der Waals surface area contributed by atoms with Crippen LogP contribution < -0.4 is 0 Å². The zero-order valence-electron chi connectivity index (χ0n) is 12.3. The van der Waals surface area contributed by atoms with Gasteiger partial charge in [0.05, 0.1) is 16.6 Å². The molecule has 3 rings (SSSR count). The first-order chi connectivity index (χ1) is 10.7. The molecule has 1 aromatic carbocycles. The lowest BCUT2D eigenvalue weighted by molar-refractivity contribution is -0.133. The molecule has 0 bridgehead atoms. The second-order valence-electron chi connectivity index (χ2n) is 5.28. The maximum absolute atomic E-state index is 12.4. The summed E-state index contributed by atoms with van der Waals surface area (Å²) in [4.78, 5) is 13.5. The van der Waals surface area contributed by atoms with E-state index in [4.69, 9.17) is 11.6 Å². The summed E-state index contributed by atoms with van der Waals surface area (Å²) in [5.41, 5.74) is 2.06. The van der Waals surface area contributed by atoms with E-state index in [0.29, 0.717) is 11.4 Å². The predicted octanol–water partition coefficient (Wildman–Crippen LogP) is 4.88. The van der Waals surface area contributed by atoms with E-state index < -0.39 is 0 Å². The number of halogens is 1. The number of hydrogen-bond donors (Lipinski definition) is 0. The Kier molecular flexibility index (Phi) is 4.60. The number of amides is 1. The van der Waals surface area contributed by atoms with E-state index in [1.807, 2.05) is 42.6 Å². The third-order valence-corrected chi connectivity index (χ3v) is 4.86. The van der Waals surface area contributed by atoms with E-state index in [0.717, 1.165) is 29.0 Å². The van der Waals surface area contributed by atoms with Gasteiger partial charge in [0.15, 0.2) is 0 Å². The van der Waals surface area contributed by atoms with Crippen molar-refractivity contribution in [3.63, 3.8) is 0 Å². The molecule has 1 aliphatic rings. The molecule has 3 nitrogen and oxygen atoms in total. The summed E-state index contributed by atoms with van der Waals surface area (Å²) in [5, 5.41) is 9.00. The van der Waals surface area contributed by atoms with Crippen molar-refractivity contribution in [3.8, 4) is 0 Å². The molecule has 0 saturated heterocycles. The van der Waals surface area contributed by atoms with Crippen LogP contribution in [0, 0.1) is 0 Å². The molecule has 114 valence electrons. The van der Waals surface area contributed by atoms with Gasteiger partial charge >= 0.3 is 0 Å². The van der Waals surface area contributed by atoms with Crippen molar-refractivity contribution >= 4 is 34.6 Å². The van der Waals surface area contributed by atoms with Gasteiger partial charge in [-0.05, 0) is 35.6 Å². The van der Waals surface area contributed by atoms with Gasteiger partial charge in [0.2, 0.25) is 5.91 Å². The molecule has 0 saturated carbocycles. The minimum atomic E-state index is -0.0339. The lowest BCUT2D eigenvalue weighted by Crippen LogP contribution is -2.26. The third kappa shape index (κ3) is 3.08. The van der Waals surface area contributed by atoms with Crippen molar-refractivity contribution in [2.75, 3.05) is 0 Å². The summed E-state index contributed by atoms with van der Waals surface area (Å²) in [6.07, 6.45) is 2.09. The van der Waals surface area contributed by atoms with Crippen LogP contribution in [0.4, 0.5) is 0 Å². The van der Waals surface area contributed by atoms with E-state index in [2.05, 4.69) is 11.2 Å². The average Bonchev–Trinajstić information content (AvgIpc) is 3.17. The highest BCUT2D eigenvalue weighted by Crippen LogP contribution is 2.34. The molecule has 2 heterocycles. The van der Waals surface area contributed by atoms with Crippen molar-refractivity contribution in [3.05, 3.63) is 57.2 Å². The molecular formula is C17H17ClN2OS. The quantitative estimate of drug-likeness (QED) is 0.785. The Bertz CT molecular complexity index is 679. The molecule has 2 aromatic rings. The molecule has 1 unspecified atom stereocenters. The molecule has 0 fully saturated rings. The van der Waals surface area contributed by atoms with Gasteiger partial charge in [-0.2, -0.15) is 5.10 Å². The zero-order valence-corrected chi connectivity index (χ0v) is 13.9. The van der Waals surface area contributed by atoms with E-state index >= 15 is 0 Å². The normalized spacial score (nSPS) is 17.6.